The van der Waals surface area contributed by atoms with Crippen LogP contribution in [0.2, 0.25) is 0 Å². The van der Waals surface area contributed by atoms with Crippen LogP contribution in [0.5, 0.6) is 5.75 Å². The highest BCUT2D eigenvalue weighted by atomic mass is 79.9. The average Bonchev–Trinajstić information content (AvgIpc) is 3.27. The lowest BCUT2D eigenvalue weighted by molar-refractivity contribution is 0.432. The summed E-state index contributed by atoms with van der Waals surface area (Å²) in [5.41, 5.74) is 1.25. The first-order chi connectivity index (χ1) is 12.8. The van der Waals surface area contributed by atoms with E-state index in [1.54, 1.807) is 0 Å². The van der Waals surface area contributed by atoms with Gasteiger partial charge in [-0.15, -0.1) is 0 Å². The Kier molecular flexibility index (Phi) is 4.36. The van der Waals surface area contributed by atoms with Crippen LogP contribution in [0.3, 0.4) is 0 Å². The maximum atomic E-state index is 6.66. The highest BCUT2D eigenvalue weighted by molar-refractivity contribution is 9.10. The predicted octanol–water partition coefficient (Wildman–Crippen LogP) is 6.19. The number of halogens is 1. The van der Waals surface area contributed by atoms with Gasteiger partial charge in [-0.2, -0.15) is 0 Å². The van der Waals surface area contributed by atoms with Gasteiger partial charge >= 0.3 is 0 Å². The molecule has 0 saturated carbocycles. The zero-order valence-corrected chi connectivity index (χ0v) is 16.9. The van der Waals surface area contributed by atoms with E-state index in [2.05, 4.69) is 92.0 Å². The molecule has 0 aromatic heterocycles. The van der Waals surface area contributed by atoms with E-state index in [0.717, 1.165) is 23.3 Å². The number of rotatable bonds is 3. The third-order valence-corrected chi connectivity index (χ3v) is 8.17. The van der Waals surface area contributed by atoms with E-state index in [4.69, 9.17) is 4.52 Å². The molecule has 5 heteroatoms. The van der Waals surface area contributed by atoms with Gasteiger partial charge in [-0.25, -0.2) is 4.67 Å². The molecule has 3 nitrogen and oxygen atoms in total. The number of para-hydroxylation sites is 1. The van der Waals surface area contributed by atoms with Crippen molar-refractivity contribution in [3.8, 4) is 5.75 Å². The summed E-state index contributed by atoms with van der Waals surface area (Å²) < 4.78 is 12.7. The summed E-state index contributed by atoms with van der Waals surface area (Å²) in [5, 5.41) is 2.42. The zero-order valence-electron chi connectivity index (χ0n) is 14.4. The largest absolute Gasteiger partial charge is 0.439 e. The SMILES string of the molecule is Brc1c(O[P@@]2N(c3ccccc3)C[C@@H]3CCCN32)ccc2ccccc12. The fourth-order valence-electron chi connectivity index (χ4n) is 3.92. The van der Waals surface area contributed by atoms with Crippen molar-refractivity contribution >= 4 is 40.8 Å². The van der Waals surface area contributed by atoms with Crippen molar-refractivity contribution < 1.29 is 4.52 Å². The summed E-state index contributed by atoms with van der Waals surface area (Å²) in [6.07, 6.45) is 2.54. The highest BCUT2D eigenvalue weighted by Crippen LogP contribution is 2.57. The van der Waals surface area contributed by atoms with Crippen molar-refractivity contribution in [3.05, 3.63) is 71.2 Å². The first kappa shape index (κ1) is 16.6. The monoisotopic (exact) mass is 426 g/mol. The van der Waals surface area contributed by atoms with Gasteiger partial charge in [0.25, 0.3) is 8.45 Å². The smallest absolute Gasteiger partial charge is 0.279 e. The fourth-order valence-corrected chi connectivity index (χ4v) is 6.87. The molecular weight excluding hydrogens is 407 g/mol. The highest BCUT2D eigenvalue weighted by Gasteiger charge is 2.45. The van der Waals surface area contributed by atoms with Gasteiger partial charge in [0.15, 0.2) is 0 Å². The number of benzene rings is 3. The van der Waals surface area contributed by atoms with Gasteiger partial charge in [0.05, 0.1) is 4.47 Å². The Morgan fingerprint density at radius 3 is 2.65 bits per heavy atom. The zero-order chi connectivity index (χ0) is 17.5. The molecule has 2 saturated heterocycles. The Hall–Kier alpha value is -1.61. The van der Waals surface area contributed by atoms with E-state index >= 15 is 0 Å². The first-order valence-corrected chi connectivity index (χ1v) is 11.0. The third kappa shape index (κ3) is 2.81. The topological polar surface area (TPSA) is 15.7 Å². The number of fused-ring (bicyclic) bond motifs is 2. The maximum absolute atomic E-state index is 6.66. The molecule has 2 aliphatic heterocycles. The lowest BCUT2D eigenvalue weighted by atomic mass is 10.1. The van der Waals surface area contributed by atoms with Crippen LogP contribution >= 0.6 is 24.4 Å². The minimum absolute atomic E-state index is 0.612. The van der Waals surface area contributed by atoms with Crippen molar-refractivity contribution in [2.24, 2.45) is 0 Å². The Morgan fingerprint density at radius 2 is 1.77 bits per heavy atom. The molecule has 2 atom stereocenters. The molecule has 0 N–H and O–H groups in total. The lowest BCUT2D eigenvalue weighted by Gasteiger charge is -2.29. The van der Waals surface area contributed by atoms with Crippen molar-refractivity contribution in [2.75, 3.05) is 17.8 Å². The van der Waals surface area contributed by atoms with E-state index in [9.17, 15) is 0 Å². The molecule has 2 fully saturated rings. The summed E-state index contributed by atoms with van der Waals surface area (Å²) in [6.45, 7) is 2.19. The Morgan fingerprint density at radius 1 is 0.962 bits per heavy atom. The second-order valence-corrected chi connectivity index (χ2v) is 9.30. The Labute approximate surface area is 163 Å². The molecule has 132 valence electrons. The molecule has 0 aliphatic carbocycles. The van der Waals surface area contributed by atoms with Crippen LogP contribution in [0.1, 0.15) is 12.8 Å². The van der Waals surface area contributed by atoms with Crippen LogP contribution in [0.25, 0.3) is 10.8 Å². The molecule has 0 unspecified atom stereocenters. The van der Waals surface area contributed by atoms with Gasteiger partial charge in [-0.05, 0) is 57.7 Å². The number of hydrogen-bond acceptors (Lipinski definition) is 3. The molecule has 2 aliphatic rings. The fraction of sp³-hybridized carbons (Fsp3) is 0.238. The number of hydrogen-bond donors (Lipinski definition) is 0. The first-order valence-electron chi connectivity index (χ1n) is 9.06. The average molecular weight is 427 g/mol. The van der Waals surface area contributed by atoms with Crippen LogP contribution < -0.4 is 9.19 Å². The van der Waals surface area contributed by atoms with Crippen molar-refractivity contribution in [1.82, 2.24) is 4.67 Å². The molecular formula is C21H20BrN2OP. The standard InChI is InChI=1S/C21H20BrN2OP/c22-21-19-11-5-4-7-16(19)12-13-20(21)25-26-23-14-6-10-18(23)15-24(26)17-8-2-1-3-9-17/h1-5,7-9,11-13,18H,6,10,14-15H2/t18-,26+/m0/s1. The molecule has 2 heterocycles. The number of nitrogens with zero attached hydrogens (tertiary/aromatic N) is 2. The molecule has 0 radical (unpaired) electrons. The molecule has 0 spiro atoms. The second-order valence-electron chi connectivity index (χ2n) is 6.82. The summed E-state index contributed by atoms with van der Waals surface area (Å²) in [4.78, 5) is 0. The van der Waals surface area contributed by atoms with Crippen LogP contribution in [-0.2, 0) is 0 Å². The lowest BCUT2D eigenvalue weighted by Crippen LogP contribution is -2.20. The minimum atomic E-state index is -0.836. The van der Waals surface area contributed by atoms with E-state index in [1.165, 1.54) is 29.3 Å². The van der Waals surface area contributed by atoms with Crippen molar-refractivity contribution in [1.29, 1.82) is 0 Å². The van der Waals surface area contributed by atoms with E-state index in [1.807, 2.05) is 0 Å². The summed E-state index contributed by atoms with van der Waals surface area (Å²) >= 11 is 3.79. The van der Waals surface area contributed by atoms with Crippen LogP contribution in [0.15, 0.2) is 71.2 Å². The molecule has 26 heavy (non-hydrogen) atoms. The number of anilines is 1. The van der Waals surface area contributed by atoms with Crippen molar-refractivity contribution in [3.63, 3.8) is 0 Å². The van der Waals surface area contributed by atoms with Crippen LogP contribution in [0, 0.1) is 0 Å². The van der Waals surface area contributed by atoms with Crippen LogP contribution in [0.4, 0.5) is 5.69 Å². The van der Waals surface area contributed by atoms with Crippen LogP contribution in [-0.4, -0.2) is 23.8 Å². The van der Waals surface area contributed by atoms with Crippen molar-refractivity contribution in [2.45, 2.75) is 18.9 Å². The van der Waals surface area contributed by atoms with Gasteiger partial charge in [0, 0.05) is 24.8 Å². The predicted molar refractivity (Wildman–Crippen MR) is 113 cm³/mol. The summed E-state index contributed by atoms with van der Waals surface area (Å²) in [7, 11) is -0.836. The third-order valence-electron chi connectivity index (χ3n) is 5.22. The molecule has 0 bridgehead atoms. The second kappa shape index (κ2) is 6.84. The van der Waals surface area contributed by atoms with Gasteiger partial charge in [0.1, 0.15) is 5.75 Å². The van der Waals surface area contributed by atoms with Gasteiger partial charge in [-0.3, -0.25) is 0 Å². The normalized spacial score (nSPS) is 22.7. The minimum Gasteiger partial charge on any atom is -0.439 e. The van der Waals surface area contributed by atoms with E-state index in [0.29, 0.717) is 6.04 Å². The van der Waals surface area contributed by atoms with E-state index in [-0.39, 0.29) is 0 Å². The molecule has 3 aromatic carbocycles. The van der Waals surface area contributed by atoms with E-state index < -0.39 is 8.45 Å². The van der Waals surface area contributed by atoms with Gasteiger partial charge in [0.2, 0.25) is 0 Å². The summed E-state index contributed by atoms with van der Waals surface area (Å²) in [6, 6.07) is 24.0. The van der Waals surface area contributed by atoms with Gasteiger partial charge in [-0.1, -0.05) is 48.5 Å². The molecule has 5 rings (SSSR count). The maximum Gasteiger partial charge on any atom is 0.279 e. The van der Waals surface area contributed by atoms with Gasteiger partial charge < -0.3 is 9.19 Å². The Bertz CT molecular complexity index is 936. The summed E-state index contributed by atoms with van der Waals surface area (Å²) in [5.74, 6) is 0.934. The Balaban J connectivity index is 1.51. The quantitative estimate of drug-likeness (QED) is 0.464. The molecule has 3 aromatic rings. The molecule has 0 amide bonds.